The highest BCUT2D eigenvalue weighted by Crippen LogP contribution is 2.43. The predicted molar refractivity (Wildman–Crippen MR) is 105 cm³/mol. The minimum absolute atomic E-state index is 0.0495. The summed E-state index contributed by atoms with van der Waals surface area (Å²) in [6.45, 7) is 7.35. The largest absolute Gasteiger partial charge is 0.487 e. The molecule has 154 valence electrons. The van der Waals surface area contributed by atoms with Crippen LogP contribution in [0.1, 0.15) is 18.1 Å². The molecule has 1 aromatic heterocycles. The number of nitrogens with one attached hydrogen (secondary N) is 2. The van der Waals surface area contributed by atoms with Crippen molar-refractivity contribution in [1.82, 2.24) is 20.4 Å². The van der Waals surface area contributed by atoms with Gasteiger partial charge in [0.25, 0.3) is 0 Å². The van der Waals surface area contributed by atoms with Gasteiger partial charge >= 0.3 is 6.18 Å². The summed E-state index contributed by atoms with van der Waals surface area (Å²) in [6.07, 6.45) is -2.94. The average molecular weight is 417 g/mol. The zero-order chi connectivity index (χ0) is 20.9. The molecule has 1 aromatic carbocycles. The van der Waals surface area contributed by atoms with Gasteiger partial charge in [-0.05, 0) is 38.7 Å². The van der Waals surface area contributed by atoms with E-state index in [-0.39, 0.29) is 17.2 Å². The van der Waals surface area contributed by atoms with E-state index in [1.165, 1.54) is 6.07 Å². The van der Waals surface area contributed by atoms with Crippen LogP contribution >= 0.6 is 11.6 Å². The number of ether oxygens (including phenoxy) is 1. The molecule has 0 saturated carbocycles. The SMILES string of the molecule is C=C(C)COc1c(Cl)cc(-c2n[nH]cc2CN(C)CCNC)cc1C(F)(F)F. The molecule has 0 spiro atoms. The first-order chi connectivity index (χ1) is 13.1. The second-order valence-corrected chi connectivity index (χ2v) is 7.09. The quantitative estimate of drug-likeness (QED) is 0.596. The Morgan fingerprint density at radius 3 is 2.71 bits per heavy atom. The van der Waals surface area contributed by atoms with Crippen molar-refractivity contribution in [3.63, 3.8) is 0 Å². The Kier molecular flexibility index (Phi) is 7.51. The standard InChI is InChI=1S/C19H24ClF3N4O/c1-12(2)11-28-18-15(19(21,22)23)7-13(8-16(18)20)17-14(9-25-26-17)10-27(4)6-5-24-3/h7-9,24H,1,5-6,10-11H2,2-4H3,(H,25,26). The van der Waals surface area contributed by atoms with Gasteiger partial charge in [-0.15, -0.1) is 0 Å². The van der Waals surface area contributed by atoms with E-state index in [1.807, 2.05) is 19.0 Å². The zero-order valence-electron chi connectivity index (χ0n) is 16.1. The number of likely N-dealkylation sites (N-methyl/N-ethyl adjacent to an activating group) is 2. The van der Waals surface area contributed by atoms with Crippen LogP contribution in [0.4, 0.5) is 13.2 Å². The fraction of sp³-hybridized carbons (Fsp3) is 0.421. The van der Waals surface area contributed by atoms with E-state index in [1.54, 1.807) is 13.1 Å². The first-order valence-electron chi connectivity index (χ1n) is 8.67. The molecule has 0 unspecified atom stereocenters. The highest BCUT2D eigenvalue weighted by molar-refractivity contribution is 6.32. The lowest BCUT2D eigenvalue weighted by molar-refractivity contribution is -0.138. The van der Waals surface area contributed by atoms with Gasteiger partial charge in [0.15, 0.2) is 5.75 Å². The molecule has 2 N–H and O–H groups in total. The Morgan fingerprint density at radius 1 is 1.39 bits per heavy atom. The molecule has 1 heterocycles. The summed E-state index contributed by atoms with van der Waals surface area (Å²) in [6, 6.07) is 2.46. The van der Waals surface area contributed by atoms with Gasteiger partial charge in [0.2, 0.25) is 0 Å². The van der Waals surface area contributed by atoms with Crippen molar-refractivity contribution in [3.05, 3.63) is 46.6 Å². The molecule has 5 nitrogen and oxygen atoms in total. The molecule has 0 radical (unpaired) electrons. The topological polar surface area (TPSA) is 53.2 Å². The van der Waals surface area contributed by atoms with Crippen molar-refractivity contribution in [3.8, 4) is 17.0 Å². The molecule has 0 bridgehead atoms. The van der Waals surface area contributed by atoms with Crippen molar-refractivity contribution in [2.45, 2.75) is 19.6 Å². The van der Waals surface area contributed by atoms with E-state index in [2.05, 4.69) is 22.1 Å². The minimum Gasteiger partial charge on any atom is -0.487 e. The van der Waals surface area contributed by atoms with Crippen LogP contribution in [0, 0.1) is 0 Å². The number of hydrogen-bond donors (Lipinski definition) is 2. The molecule has 0 fully saturated rings. The van der Waals surface area contributed by atoms with Crippen molar-refractivity contribution >= 4 is 11.6 Å². The number of H-pyrrole nitrogens is 1. The molecule has 9 heteroatoms. The zero-order valence-corrected chi connectivity index (χ0v) is 16.8. The number of hydrogen-bond acceptors (Lipinski definition) is 4. The normalized spacial score (nSPS) is 11.9. The second kappa shape index (κ2) is 9.45. The van der Waals surface area contributed by atoms with E-state index in [0.29, 0.717) is 17.8 Å². The predicted octanol–water partition coefficient (Wildman–Crippen LogP) is 4.36. The molecule has 0 aliphatic carbocycles. The summed E-state index contributed by atoms with van der Waals surface area (Å²) in [5.41, 5.74) is 1.13. The highest BCUT2D eigenvalue weighted by atomic mass is 35.5. The molecule has 0 saturated heterocycles. The third-order valence-corrected chi connectivity index (χ3v) is 4.27. The molecule has 0 amide bonds. The van der Waals surface area contributed by atoms with Crippen molar-refractivity contribution in [2.75, 3.05) is 33.8 Å². The number of nitrogens with zero attached hydrogens (tertiary/aromatic N) is 2. The van der Waals surface area contributed by atoms with Crippen LogP contribution in [0.25, 0.3) is 11.3 Å². The summed E-state index contributed by atoms with van der Waals surface area (Å²) < 4.78 is 46.1. The minimum atomic E-state index is -4.62. The van der Waals surface area contributed by atoms with E-state index in [4.69, 9.17) is 16.3 Å². The number of aromatic amines is 1. The molecule has 2 aromatic rings. The van der Waals surface area contributed by atoms with Gasteiger partial charge in [0, 0.05) is 37.0 Å². The number of alkyl halides is 3. The Hall–Kier alpha value is -2.03. The third-order valence-electron chi connectivity index (χ3n) is 3.99. The number of benzene rings is 1. The smallest absolute Gasteiger partial charge is 0.420 e. The Morgan fingerprint density at radius 2 is 2.11 bits per heavy atom. The van der Waals surface area contributed by atoms with Crippen LogP contribution in [-0.4, -0.2) is 48.9 Å². The fourth-order valence-electron chi connectivity index (χ4n) is 2.64. The van der Waals surface area contributed by atoms with Gasteiger partial charge in [0.05, 0.1) is 16.3 Å². The van der Waals surface area contributed by atoms with Gasteiger partial charge in [-0.1, -0.05) is 18.2 Å². The van der Waals surface area contributed by atoms with Crippen LogP contribution in [0.2, 0.25) is 5.02 Å². The summed E-state index contributed by atoms with van der Waals surface area (Å²) in [5, 5.41) is 9.80. The number of aromatic nitrogens is 2. The molecule has 28 heavy (non-hydrogen) atoms. The Balaban J connectivity index is 2.41. The van der Waals surface area contributed by atoms with E-state index < -0.39 is 17.5 Å². The third kappa shape index (κ3) is 5.73. The average Bonchev–Trinajstić information content (AvgIpc) is 3.05. The van der Waals surface area contributed by atoms with Crippen LogP contribution in [0.5, 0.6) is 5.75 Å². The molecule has 0 aliphatic heterocycles. The maximum absolute atomic E-state index is 13.6. The maximum Gasteiger partial charge on any atom is 0.420 e. The monoisotopic (exact) mass is 416 g/mol. The lowest BCUT2D eigenvalue weighted by Gasteiger charge is -2.18. The molecule has 0 aliphatic rings. The number of halogens is 4. The van der Waals surface area contributed by atoms with Crippen LogP contribution in [0.3, 0.4) is 0 Å². The van der Waals surface area contributed by atoms with Gasteiger partial charge in [-0.2, -0.15) is 18.3 Å². The maximum atomic E-state index is 13.6. The summed E-state index contributed by atoms with van der Waals surface area (Å²) >= 11 is 6.16. The van der Waals surface area contributed by atoms with Crippen LogP contribution < -0.4 is 10.1 Å². The molecule has 0 atom stereocenters. The summed E-state index contributed by atoms with van der Waals surface area (Å²) in [5.74, 6) is -0.399. The van der Waals surface area contributed by atoms with E-state index >= 15 is 0 Å². The van der Waals surface area contributed by atoms with Crippen LogP contribution in [-0.2, 0) is 12.7 Å². The molecule has 2 rings (SSSR count). The van der Waals surface area contributed by atoms with E-state index in [9.17, 15) is 13.2 Å². The van der Waals surface area contributed by atoms with Crippen LogP contribution in [0.15, 0.2) is 30.5 Å². The van der Waals surface area contributed by atoms with E-state index in [0.717, 1.165) is 24.7 Å². The van der Waals surface area contributed by atoms with Gasteiger partial charge in [-0.25, -0.2) is 0 Å². The highest BCUT2D eigenvalue weighted by Gasteiger charge is 2.36. The van der Waals surface area contributed by atoms with Crippen molar-refractivity contribution < 1.29 is 17.9 Å². The lowest BCUT2D eigenvalue weighted by atomic mass is 10.0. The molecular formula is C19H24ClF3N4O. The summed E-state index contributed by atoms with van der Waals surface area (Å²) in [7, 11) is 3.78. The van der Waals surface area contributed by atoms with Crippen molar-refractivity contribution in [2.24, 2.45) is 0 Å². The first kappa shape index (κ1) is 22.3. The summed E-state index contributed by atoms with van der Waals surface area (Å²) in [4.78, 5) is 2.04. The Labute approximate surface area is 167 Å². The first-order valence-corrected chi connectivity index (χ1v) is 9.05. The second-order valence-electron chi connectivity index (χ2n) is 6.68. The fourth-order valence-corrected chi connectivity index (χ4v) is 2.91. The molecular weight excluding hydrogens is 393 g/mol. The Bertz CT molecular complexity index is 820. The van der Waals surface area contributed by atoms with Gasteiger partial charge < -0.3 is 15.0 Å². The lowest BCUT2D eigenvalue weighted by Crippen LogP contribution is -2.27. The van der Waals surface area contributed by atoms with Crippen molar-refractivity contribution in [1.29, 1.82) is 0 Å². The van der Waals surface area contributed by atoms with Gasteiger partial charge in [0.1, 0.15) is 6.61 Å². The van der Waals surface area contributed by atoms with Gasteiger partial charge in [-0.3, -0.25) is 5.10 Å². The number of rotatable bonds is 9.